The molecule has 7 nitrogen and oxygen atoms in total. The molecule has 0 spiro atoms. The minimum atomic E-state index is -0.104. The molecule has 1 saturated heterocycles. The predicted molar refractivity (Wildman–Crippen MR) is 280 cm³/mol. The number of fused-ring (bicyclic) bond motifs is 5. The molecular weight excluding hydrogens is 815 g/mol. The van der Waals surface area contributed by atoms with E-state index in [1.165, 1.54) is 141 Å². The van der Waals surface area contributed by atoms with E-state index < -0.39 is 0 Å². The van der Waals surface area contributed by atoms with Crippen molar-refractivity contribution in [3.63, 3.8) is 0 Å². The van der Waals surface area contributed by atoms with Gasteiger partial charge in [-0.3, -0.25) is 4.90 Å². The quantitative estimate of drug-likeness (QED) is 0.0377. The summed E-state index contributed by atoms with van der Waals surface area (Å²) >= 11 is 0. The highest BCUT2D eigenvalue weighted by Crippen LogP contribution is 2.69. The van der Waals surface area contributed by atoms with Crippen LogP contribution < -0.4 is 11.5 Å². The topological polar surface area (TPSA) is 92.2 Å². The monoisotopic (exact) mass is 922 g/mol. The Morgan fingerprint density at radius 3 is 2.23 bits per heavy atom. The van der Waals surface area contributed by atoms with Gasteiger partial charge in [0.15, 0.2) is 0 Å². The summed E-state index contributed by atoms with van der Waals surface area (Å²) in [6, 6.07) is 0.613. The van der Waals surface area contributed by atoms with Crippen molar-refractivity contribution < 1.29 is 18.9 Å². The van der Waals surface area contributed by atoms with Gasteiger partial charge in [0, 0.05) is 42.3 Å². The van der Waals surface area contributed by atoms with Crippen molar-refractivity contribution in [3.8, 4) is 0 Å². The number of hydrogen-bond acceptors (Lipinski definition) is 7. The number of likely N-dealkylation sites (tertiary alicyclic amines) is 1. The maximum absolute atomic E-state index is 7.80. The van der Waals surface area contributed by atoms with Crippen LogP contribution >= 0.6 is 0 Å². The first-order valence-corrected chi connectivity index (χ1v) is 28.5. The molecule has 5 rings (SSSR count). The molecule has 10 atom stereocenters. The van der Waals surface area contributed by atoms with E-state index in [1.807, 2.05) is 0 Å². The largest absolute Gasteiger partial charge is 0.379 e. The number of nitrogens with zero attached hydrogens (tertiary/aromatic N) is 1. The molecule has 1 aliphatic heterocycles. The average molecular weight is 923 g/mol. The molecule has 4 aliphatic carbocycles. The third kappa shape index (κ3) is 15.5. The van der Waals surface area contributed by atoms with E-state index in [1.54, 1.807) is 5.57 Å². The number of rotatable bonds is 34. The molecular formula is C59H107N3O4. The molecule has 4 N–H and O–H groups in total. The van der Waals surface area contributed by atoms with Crippen LogP contribution in [0.2, 0.25) is 0 Å². The van der Waals surface area contributed by atoms with Gasteiger partial charge in [0.2, 0.25) is 0 Å². The Bertz CT molecular complexity index is 1430. The Balaban J connectivity index is 0.923. The molecule has 0 aromatic rings. The lowest BCUT2D eigenvalue weighted by Gasteiger charge is -2.65. The lowest BCUT2D eigenvalue weighted by atomic mass is 9.42. The fourth-order valence-corrected chi connectivity index (χ4v) is 14.0. The van der Waals surface area contributed by atoms with Gasteiger partial charge in [-0.25, -0.2) is 0 Å². The lowest BCUT2D eigenvalue weighted by molar-refractivity contribution is -0.104. The molecule has 1 heterocycles. The van der Waals surface area contributed by atoms with Crippen molar-refractivity contribution in [2.24, 2.45) is 51.9 Å². The Kier molecular flexibility index (Phi) is 24.3. The van der Waals surface area contributed by atoms with Gasteiger partial charge >= 0.3 is 0 Å². The minimum Gasteiger partial charge on any atom is -0.379 e. The molecule has 0 amide bonds. The highest BCUT2D eigenvalue weighted by atomic mass is 16.7. The number of unbranched alkanes of at least 4 members (excludes halogenated alkanes) is 9. The maximum atomic E-state index is 7.80. The Morgan fingerprint density at radius 1 is 0.742 bits per heavy atom. The smallest absolute Gasteiger partial charge is 0.146 e. The fraction of sp³-hybridized carbons (Fsp3) is 0.898. The summed E-state index contributed by atoms with van der Waals surface area (Å²) in [7, 11) is 0. The zero-order valence-electron chi connectivity index (χ0n) is 44.4. The number of hydrogen-bond donors (Lipinski definition) is 2. The van der Waals surface area contributed by atoms with E-state index in [9.17, 15) is 0 Å². The maximum Gasteiger partial charge on any atom is 0.146 e. The summed E-state index contributed by atoms with van der Waals surface area (Å²) in [6.45, 7) is 22.7. The van der Waals surface area contributed by atoms with Gasteiger partial charge in [0.1, 0.15) is 6.79 Å². The fourth-order valence-electron chi connectivity index (χ4n) is 14.0. The zero-order valence-corrected chi connectivity index (χ0v) is 44.4. The van der Waals surface area contributed by atoms with Crippen molar-refractivity contribution in [1.29, 1.82) is 0 Å². The SMILES string of the molecule is CCCCC/C=C\C/C=C\CCCCCCCCOCOCC(CN1CCCC1C)OCCOCCC[C@H]1CC[C@@]2(C)C(=CC[C@H]3[C@@H]4CC[C@](N)([C@H](C)CCCC(C)C)[C@@]4(C)CC[C@@]32N)C1. The third-order valence-electron chi connectivity index (χ3n) is 18.7. The van der Waals surface area contributed by atoms with E-state index >= 15 is 0 Å². The zero-order chi connectivity index (χ0) is 47.3. The Labute approximate surface area is 408 Å². The van der Waals surface area contributed by atoms with Gasteiger partial charge < -0.3 is 30.4 Å². The van der Waals surface area contributed by atoms with Gasteiger partial charge in [0.25, 0.3) is 0 Å². The second-order valence-corrected chi connectivity index (χ2v) is 23.6. The van der Waals surface area contributed by atoms with Crippen molar-refractivity contribution >= 4 is 0 Å². The van der Waals surface area contributed by atoms with Gasteiger partial charge in [-0.2, -0.15) is 0 Å². The molecule has 3 saturated carbocycles. The second kappa shape index (κ2) is 28.7. The van der Waals surface area contributed by atoms with Crippen LogP contribution in [0.5, 0.6) is 0 Å². The highest BCUT2D eigenvalue weighted by molar-refractivity contribution is 5.33. The highest BCUT2D eigenvalue weighted by Gasteiger charge is 2.67. The lowest BCUT2D eigenvalue weighted by Crippen LogP contribution is -2.70. The molecule has 0 bridgehead atoms. The third-order valence-corrected chi connectivity index (χ3v) is 18.7. The molecule has 4 fully saturated rings. The summed E-state index contributed by atoms with van der Waals surface area (Å²) in [4.78, 5) is 2.56. The normalized spacial score (nSPS) is 32.3. The van der Waals surface area contributed by atoms with E-state index in [2.05, 4.69) is 83.7 Å². The molecule has 2 unspecified atom stereocenters. The van der Waals surface area contributed by atoms with Gasteiger partial charge in [-0.05, 0) is 170 Å². The van der Waals surface area contributed by atoms with Crippen LogP contribution in [0.25, 0.3) is 0 Å². The van der Waals surface area contributed by atoms with Crippen molar-refractivity contribution in [2.45, 2.75) is 245 Å². The van der Waals surface area contributed by atoms with Crippen LogP contribution in [-0.4, -0.2) is 81.0 Å². The van der Waals surface area contributed by atoms with Crippen LogP contribution in [0.4, 0.5) is 0 Å². The van der Waals surface area contributed by atoms with Crippen LogP contribution in [0.15, 0.2) is 36.0 Å². The summed E-state index contributed by atoms with van der Waals surface area (Å²) in [5, 5.41) is 0. The van der Waals surface area contributed by atoms with E-state index in [0.29, 0.717) is 50.4 Å². The standard InChI is InChI=1S/C59H107N3O4/c1-8-9-10-11-12-13-14-15-16-17-18-19-20-21-22-23-40-64-47-65-46-53(45-62-39-25-29-50(62)5)66-43-42-63-41-26-30-51-33-35-56(6)52(44-51)31-32-55-54-34-36-58(60,49(4)28-24-27-48(2)3)57(54,7)37-38-59(55,56)61/h12-13,15-16,31,48-51,53-55H,8-11,14,17-30,32-47,60-61H2,1-7H3/b13-12-,16-15-/t49-,50?,51+,53?,54+,55+,56+,57+,58+,59-/m1/s1. The molecule has 0 radical (unpaired) electrons. The molecule has 5 aliphatic rings. The summed E-state index contributed by atoms with van der Waals surface area (Å²) in [6.07, 6.45) is 45.6. The van der Waals surface area contributed by atoms with Crippen LogP contribution in [0.1, 0.15) is 222 Å². The average Bonchev–Trinajstić information content (AvgIpc) is 3.83. The number of nitrogens with two attached hydrogens (primary N) is 2. The van der Waals surface area contributed by atoms with E-state index in [0.717, 1.165) is 70.2 Å². The molecule has 7 heteroatoms. The first-order valence-electron chi connectivity index (χ1n) is 28.5. The van der Waals surface area contributed by atoms with E-state index in [-0.39, 0.29) is 28.0 Å². The Morgan fingerprint density at radius 2 is 1.48 bits per heavy atom. The van der Waals surface area contributed by atoms with Gasteiger partial charge in [0.05, 0.1) is 25.9 Å². The first-order chi connectivity index (χ1) is 31.9. The summed E-state index contributed by atoms with van der Waals surface area (Å²) in [5.41, 5.74) is 17.2. The van der Waals surface area contributed by atoms with Gasteiger partial charge in [-0.15, -0.1) is 0 Å². The summed E-state index contributed by atoms with van der Waals surface area (Å²) < 4.78 is 24.5. The van der Waals surface area contributed by atoms with Gasteiger partial charge in [-0.1, -0.05) is 129 Å². The Hall–Kier alpha value is -1.06. The van der Waals surface area contributed by atoms with Crippen LogP contribution in [-0.2, 0) is 18.9 Å². The predicted octanol–water partition coefficient (Wildman–Crippen LogP) is 14.3. The minimum absolute atomic E-state index is 0.0397. The number of ether oxygens (including phenoxy) is 4. The van der Waals surface area contributed by atoms with E-state index in [4.69, 9.17) is 30.4 Å². The van der Waals surface area contributed by atoms with Crippen molar-refractivity contribution in [2.75, 3.05) is 52.9 Å². The van der Waals surface area contributed by atoms with Crippen LogP contribution in [0.3, 0.4) is 0 Å². The second-order valence-electron chi connectivity index (χ2n) is 23.6. The molecule has 382 valence electrons. The number of allylic oxidation sites excluding steroid dienone is 5. The first kappa shape index (κ1) is 55.9. The summed E-state index contributed by atoms with van der Waals surface area (Å²) in [5.74, 6) is 3.28. The molecule has 0 aromatic heterocycles. The van der Waals surface area contributed by atoms with Crippen molar-refractivity contribution in [3.05, 3.63) is 36.0 Å². The van der Waals surface area contributed by atoms with Crippen LogP contribution in [0, 0.1) is 40.4 Å². The molecule has 66 heavy (non-hydrogen) atoms. The molecule has 0 aromatic carbocycles. The van der Waals surface area contributed by atoms with Crippen molar-refractivity contribution in [1.82, 2.24) is 4.90 Å².